The predicted molar refractivity (Wildman–Crippen MR) is 55.7 cm³/mol. The summed E-state index contributed by atoms with van der Waals surface area (Å²) >= 11 is 0. The molecule has 0 atom stereocenters. The van der Waals surface area contributed by atoms with Crippen LogP contribution in [0.1, 0.15) is 0 Å². The van der Waals surface area contributed by atoms with E-state index in [1.165, 1.54) is 0 Å². The summed E-state index contributed by atoms with van der Waals surface area (Å²) in [5.41, 5.74) is 8.44. The molecule has 0 rings (SSSR count). The van der Waals surface area contributed by atoms with Gasteiger partial charge in [-0.1, -0.05) is 0 Å². The summed E-state index contributed by atoms with van der Waals surface area (Å²) in [6, 6.07) is 0. The number of hydrogen-bond acceptors (Lipinski definition) is 6. The average molecular weight is 206 g/mol. The largest absolute Gasteiger partial charge is 0.395 e. The first-order valence-corrected chi connectivity index (χ1v) is 4.96. The van der Waals surface area contributed by atoms with Crippen molar-refractivity contribution in [3.63, 3.8) is 0 Å². The van der Waals surface area contributed by atoms with E-state index >= 15 is 0 Å². The van der Waals surface area contributed by atoms with Crippen LogP contribution in [0.2, 0.25) is 0 Å². The fraction of sp³-hybridized carbons (Fsp3) is 1.00. The molecule has 0 heterocycles. The third-order valence-electron chi connectivity index (χ3n) is 1.70. The van der Waals surface area contributed by atoms with Gasteiger partial charge in [-0.2, -0.15) is 0 Å². The molecule has 0 spiro atoms. The van der Waals surface area contributed by atoms with E-state index in [4.69, 9.17) is 15.9 Å². The summed E-state index contributed by atoms with van der Waals surface area (Å²) in [7, 11) is 0. The van der Waals surface area contributed by atoms with Crippen LogP contribution in [0.5, 0.6) is 0 Å². The molecule has 0 fully saturated rings. The minimum absolute atomic E-state index is 0.123. The van der Waals surface area contributed by atoms with E-state index in [1.54, 1.807) is 0 Å². The average Bonchev–Trinajstić information content (AvgIpc) is 2.20. The molecule has 6 N–H and O–H groups in total. The van der Waals surface area contributed by atoms with Crippen LogP contribution in [0.4, 0.5) is 0 Å². The van der Waals surface area contributed by atoms with Gasteiger partial charge in [-0.25, -0.2) is 5.01 Å². The van der Waals surface area contributed by atoms with Crippen LogP contribution in [0.3, 0.4) is 0 Å². The summed E-state index contributed by atoms with van der Waals surface area (Å²) in [6.07, 6.45) is 0. The monoisotopic (exact) mass is 206 g/mol. The molecule has 0 aliphatic rings. The molecule has 14 heavy (non-hydrogen) atoms. The van der Waals surface area contributed by atoms with Crippen molar-refractivity contribution in [1.82, 2.24) is 15.8 Å². The van der Waals surface area contributed by atoms with Crippen molar-refractivity contribution in [3.05, 3.63) is 0 Å². The second-order valence-electron chi connectivity index (χ2n) is 2.88. The van der Waals surface area contributed by atoms with Crippen molar-refractivity contribution in [1.29, 1.82) is 0 Å². The number of aliphatic hydroxyl groups is 2. The molecular formula is C8H22N4O2. The van der Waals surface area contributed by atoms with Crippen molar-refractivity contribution in [2.75, 3.05) is 52.5 Å². The highest BCUT2D eigenvalue weighted by Crippen LogP contribution is 1.79. The van der Waals surface area contributed by atoms with Gasteiger partial charge in [0.2, 0.25) is 0 Å². The Balaban J connectivity index is 3.40. The summed E-state index contributed by atoms with van der Waals surface area (Å²) in [6.45, 7) is 4.29. The molecule has 0 radical (unpaired) electrons. The van der Waals surface area contributed by atoms with Crippen LogP contribution in [-0.4, -0.2) is 67.7 Å². The molecule has 0 bridgehead atoms. The van der Waals surface area contributed by atoms with E-state index in [0.717, 1.165) is 13.1 Å². The maximum Gasteiger partial charge on any atom is 0.0572 e. The quantitative estimate of drug-likeness (QED) is 0.198. The van der Waals surface area contributed by atoms with Gasteiger partial charge in [-0.05, 0) is 0 Å². The zero-order valence-corrected chi connectivity index (χ0v) is 8.58. The molecule has 0 unspecified atom stereocenters. The highest BCUT2D eigenvalue weighted by Gasteiger charge is 2.01. The lowest BCUT2D eigenvalue weighted by atomic mass is 10.5. The Labute approximate surface area is 85.1 Å². The van der Waals surface area contributed by atoms with E-state index < -0.39 is 0 Å². The summed E-state index contributed by atoms with van der Waals surface area (Å²) in [5.74, 6) is 0. The SMILES string of the molecule is NCCNN(CCO)CCNCCO. The number of nitrogens with two attached hydrogens (primary N) is 1. The van der Waals surface area contributed by atoms with E-state index in [-0.39, 0.29) is 13.2 Å². The normalized spacial score (nSPS) is 11.1. The lowest BCUT2D eigenvalue weighted by molar-refractivity contribution is 0.144. The minimum Gasteiger partial charge on any atom is -0.395 e. The van der Waals surface area contributed by atoms with Gasteiger partial charge in [-0.3, -0.25) is 5.43 Å². The number of hydrazine groups is 1. The van der Waals surface area contributed by atoms with Crippen LogP contribution < -0.4 is 16.5 Å². The standard InChI is InChI=1S/C8H22N4O2/c9-1-2-11-12(6-8-14)5-3-10-4-7-13/h10-11,13-14H,1-9H2. The van der Waals surface area contributed by atoms with E-state index in [0.29, 0.717) is 26.2 Å². The van der Waals surface area contributed by atoms with Crippen molar-refractivity contribution in [3.8, 4) is 0 Å². The van der Waals surface area contributed by atoms with E-state index in [1.807, 2.05) is 5.01 Å². The van der Waals surface area contributed by atoms with Gasteiger partial charge >= 0.3 is 0 Å². The highest BCUT2D eigenvalue weighted by molar-refractivity contribution is 4.55. The molecule has 0 aromatic rings. The fourth-order valence-corrected chi connectivity index (χ4v) is 1.03. The Kier molecular flexibility index (Phi) is 10.7. The van der Waals surface area contributed by atoms with Crippen molar-refractivity contribution in [2.24, 2.45) is 5.73 Å². The van der Waals surface area contributed by atoms with Gasteiger partial charge in [0.05, 0.1) is 13.2 Å². The first kappa shape index (κ1) is 13.8. The molecule has 0 saturated heterocycles. The van der Waals surface area contributed by atoms with Gasteiger partial charge in [0.25, 0.3) is 0 Å². The van der Waals surface area contributed by atoms with Gasteiger partial charge in [0, 0.05) is 39.3 Å². The van der Waals surface area contributed by atoms with Crippen LogP contribution in [0, 0.1) is 0 Å². The Bertz CT molecular complexity index is 116. The molecule has 86 valence electrons. The van der Waals surface area contributed by atoms with Crippen molar-refractivity contribution >= 4 is 0 Å². The highest BCUT2D eigenvalue weighted by atomic mass is 16.3. The van der Waals surface area contributed by atoms with Crippen LogP contribution in [0.25, 0.3) is 0 Å². The molecule has 6 heteroatoms. The topological polar surface area (TPSA) is 93.8 Å². The summed E-state index contributed by atoms with van der Waals surface area (Å²) in [4.78, 5) is 0. The fourth-order valence-electron chi connectivity index (χ4n) is 1.03. The van der Waals surface area contributed by atoms with Gasteiger partial charge < -0.3 is 21.3 Å². The summed E-state index contributed by atoms with van der Waals surface area (Å²) < 4.78 is 0. The maximum atomic E-state index is 8.77. The Morgan fingerprint density at radius 3 is 2.36 bits per heavy atom. The number of rotatable bonds is 10. The zero-order chi connectivity index (χ0) is 10.6. The maximum absolute atomic E-state index is 8.77. The zero-order valence-electron chi connectivity index (χ0n) is 8.58. The molecule has 0 saturated carbocycles. The number of aliphatic hydroxyl groups excluding tert-OH is 2. The predicted octanol–water partition coefficient (Wildman–Crippen LogP) is -2.67. The molecule has 6 nitrogen and oxygen atoms in total. The first-order chi connectivity index (χ1) is 6.85. The van der Waals surface area contributed by atoms with Gasteiger partial charge in [-0.15, -0.1) is 0 Å². The van der Waals surface area contributed by atoms with Crippen LogP contribution in [-0.2, 0) is 0 Å². The van der Waals surface area contributed by atoms with E-state index in [2.05, 4.69) is 10.7 Å². The van der Waals surface area contributed by atoms with Crippen LogP contribution in [0.15, 0.2) is 0 Å². The Hall–Kier alpha value is -0.240. The third kappa shape index (κ3) is 8.36. The van der Waals surface area contributed by atoms with Crippen molar-refractivity contribution in [2.45, 2.75) is 0 Å². The van der Waals surface area contributed by atoms with Crippen molar-refractivity contribution < 1.29 is 10.2 Å². The minimum atomic E-state index is 0.123. The summed E-state index contributed by atoms with van der Waals surface area (Å²) in [5, 5.41) is 22.3. The molecular weight excluding hydrogens is 184 g/mol. The Morgan fingerprint density at radius 2 is 1.79 bits per heavy atom. The molecule has 0 aliphatic heterocycles. The van der Waals surface area contributed by atoms with Gasteiger partial charge in [0.15, 0.2) is 0 Å². The molecule has 0 aliphatic carbocycles. The smallest absolute Gasteiger partial charge is 0.0572 e. The molecule has 0 aromatic carbocycles. The number of nitrogens with one attached hydrogen (secondary N) is 2. The first-order valence-electron chi connectivity index (χ1n) is 4.96. The third-order valence-corrected chi connectivity index (χ3v) is 1.70. The van der Waals surface area contributed by atoms with Crippen LogP contribution >= 0.6 is 0 Å². The number of hydrogen-bond donors (Lipinski definition) is 5. The number of nitrogens with zero attached hydrogens (tertiary/aromatic N) is 1. The second kappa shape index (κ2) is 10.8. The van der Waals surface area contributed by atoms with E-state index in [9.17, 15) is 0 Å². The second-order valence-corrected chi connectivity index (χ2v) is 2.88. The lowest BCUT2D eigenvalue weighted by Crippen LogP contribution is -2.45. The Morgan fingerprint density at radius 1 is 1.00 bits per heavy atom. The van der Waals surface area contributed by atoms with Gasteiger partial charge in [0.1, 0.15) is 0 Å². The molecule has 0 amide bonds. The molecule has 0 aromatic heterocycles. The lowest BCUT2D eigenvalue weighted by Gasteiger charge is -2.22.